The Morgan fingerprint density at radius 1 is 1.15 bits per heavy atom. The molecule has 0 radical (unpaired) electrons. The minimum atomic E-state index is -0.800. The van der Waals surface area contributed by atoms with Gasteiger partial charge < -0.3 is 29.9 Å². The Morgan fingerprint density at radius 3 is 2.35 bits per heavy atom. The van der Waals surface area contributed by atoms with Crippen LogP contribution < -0.4 is 19.7 Å². The van der Waals surface area contributed by atoms with Crippen molar-refractivity contribution in [3.63, 3.8) is 0 Å². The summed E-state index contributed by atoms with van der Waals surface area (Å²) >= 11 is 0. The maximum absolute atomic E-state index is 15.6. The molecule has 9 nitrogen and oxygen atoms in total. The first-order valence-electron chi connectivity index (χ1n) is 11.0. The van der Waals surface area contributed by atoms with Gasteiger partial charge >= 0.3 is 6.03 Å². The van der Waals surface area contributed by atoms with E-state index in [4.69, 9.17) is 9.47 Å². The Kier molecular flexibility index (Phi) is 6.63. The fourth-order valence-corrected chi connectivity index (χ4v) is 4.43. The van der Waals surface area contributed by atoms with E-state index in [1.54, 1.807) is 13.0 Å². The van der Waals surface area contributed by atoms with Crippen LogP contribution in [0.3, 0.4) is 0 Å². The zero-order chi connectivity index (χ0) is 24.6. The molecule has 4 rings (SSSR count). The normalized spacial score (nSPS) is 22.1. The van der Waals surface area contributed by atoms with Crippen LogP contribution in [0.25, 0.3) is 0 Å². The Bertz CT molecular complexity index is 1100. The van der Waals surface area contributed by atoms with Gasteiger partial charge in [-0.3, -0.25) is 0 Å². The first kappa shape index (κ1) is 23.8. The quantitative estimate of drug-likeness (QED) is 0.626. The van der Waals surface area contributed by atoms with Gasteiger partial charge in [-0.05, 0) is 31.5 Å². The summed E-state index contributed by atoms with van der Waals surface area (Å²) < 4.78 is 26.2. The van der Waals surface area contributed by atoms with E-state index in [0.717, 1.165) is 5.69 Å². The molecule has 0 saturated carbocycles. The molecular formula is C24H29FN4O5. The van der Waals surface area contributed by atoms with Crippen molar-refractivity contribution in [2.24, 2.45) is 5.10 Å². The van der Waals surface area contributed by atoms with Gasteiger partial charge in [0.1, 0.15) is 0 Å². The molecule has 2 aromatic carbocycles. The molecule has 2 aromatic rings. The van der Waals surface area contributed by atoms with Crippen molar-refractivity contribution in [3.8, 4) is 11.5 Å². The molecule has 0 aliphatic carbocycles. The topological polar surface area (TPSA) is 107 Å². The van der Waals surface area contributed by atoms with E-state index in [1.165, 1.54) is 26.3 Å². The highest BCUT2D eigenvalue weighted by atomic mass is 19.1. The summed E-state index contributed by atoms with van der Waals surface area (Å²) in [7, 11) is 4.33. The smallest absolute Gasteiger partial charge is 0.337 e. The van der Waals surface area contributed by atoms with Crippen LogP contribution in [0.4, 0.5) is 14.9 Å². The molecule has 3 atom stereocenters. The number of methoxy groups -OCH3 is 2. The predicted octanol–water partition coefficient (Wildman–Crippen LogP) is 1.72. The number of nitrogens with one attached hydrogen (secondary N) is 1. The number of hydrogen-bond acceptors (Lipinski definition) is 7. The lowest BCUT2D eigenvalue weighted by Gasteiger charge is -2.22. The largest absolute Gasteiger partial charge is 0.493 e. The zero-order valence-electron chi connectivity index (χ0n) is 19.6. The van der Waals surface area contributed by atoms with Gasteiger partial charge in [-0.1, -0.05) is 12.1 Å². The standard InChI is InChI=1S/C24H29FN4O5/c1-13-9-16-17(10-20(33-3)23(34-4)21(16)25)22(27-29(13)24(32)26-2)14-5-7-15(8-6-14)28-11-18(30)19(31)12-28/h5-8,10,13,18-19,30-31H,9,11-12H2,1-4H3,(H,26,32)/t13?,18-,19-/m1/s1. The second-order valence-corrected chi connectivity index (χ2v) is 8.44. The second kappa shape index (κ2) is 9.47. The maximum Gasteiger partial charge on any atom is 0.337 e. The van der Waals surface area contributed by atoms with Gasteiger partial charge in [0.2, 0.25) is 0 Å². The number of carbonyl (C=O) groups is 1. The Labute approximate surface area is 197 Å². The van der Waals surface area contributed by atoms with Gasteiger partial charge in [0.15, 0.2) is 17.3 Å². The van der Waals surface area contributed by atoms with E-state index in [0.29, 0.717) is 35.5 Å². The number of urea groups is 1. The highest BCUT2D eigenvalue weighted by Gasteiger charge is 2.32. The van der Waals surface area contributed by atoms with Gasteiger partial charge in [-0.25, -0.2) is 14.2 Å². The van der Waals surface area contributed by atoms with Crippen molar-refractivity contribution in [3.05, 3.63) is 52.8 Å². The third-order valence-electron chi connectivity index (χ3n) is 6.28. The summed E-state index contributed by atoms with van der Waals surface area (Å²) in [5.41, 5.74) is 2.79. The Balaban J connectivity index is 1.83. The van der Waals surface area contributed by atoms with E-state index in [9.17, 15) is 15.0 Å². The molecular weight excluding hydrogens is 443 g/mol. The summed E-state index contributed by atoms with van der Waals surface area (Å²) in [6, 6.07) is 8.18. The number of hydrazone groups is 1. The fraction of sp³-hybridized carbons (Fsp3) is 0.417. The monoisotopic (exact) mass is 472 g/mol. The van der Waals surface area contributed by atoms with Gasteiger partial charge in [-0.15, -0.1) is 0 Å². The Hall–Kier alpha value is -3.37. The summed E-state index contributed by atoms with van der Waals surface area (Å²) in [5.74, 6) is -0.321. The average Bonchev–Trinajstić information content (AvgIpc) is 3.10. The minimum Gasteiger partial charge on any atom is -0.493 e. The maximum atomic E-state index is 15.6. The molecule has 1 unspecified atom stereocenters. The molecule has 3 N–H and O–H groups in total. The number of anilines is 1. The van der Waals surface area contributed by atoms with Gasteiger partial charge in [0.25, 0.3) is 0 Å². The highest BCUT2D eigenvalue weighted by Crippen LogP contribution is 2.38. The molecule has 0 bridgehead atoms. The molecule has 0 spiro atoms. The summed E-state index contributed by atoms with van der Waals surface area (Å²) in [6.45, 7) is 2.46. The third kappa shape index (κ3) is 4.14. The van der Waals surface area contributed by atoms with Crippen LogP contribution in [-0.2, 0) is 6.42 Å². The zero-order valence-corrected chi connectivity index (χ0v) is 19.6. The molecule has 2 amide bonds. The van der Waals surface area contributed by atoms with Crippen molar-refractivity contribution in [1.29, 1.82) is 0 Å². The molecule has 2 aliphatic heterocycles. The van der Waals surface area contributed by atoms with Gasteiger partial charge in [0, 0.05) is 42.5 Å². The number of carbonyl (C=O) groups excluding carboxylic acids is 1. The van der Waals surface area contributed by atoms with Crippen molar-refractivity contribution < 1.29 is 28.9 Å². The minimum absolute atomic E-state index is 0.00249. The van der Waals surface area contributed by atoms with Crippen molar-refractivity contribution in [1.82, 2.24) is 10.3 Å². The second-order valence-electron chi connectivity index (χ2n) is 8.44. The lowest BCUT2D eigenvalue weighted by molar-refractivity contribution is 0.0572. The van der Waals surface area contributed by atoms with Crippen molar-refractivity contribution in [2.45, 2.75) is 31.6 Å². The van der Waals surface area contributed by atoms with Crippen LogP contribution in [0.1, 0.15) is 23.6 Å². The summed E-state index contributed by atoms with van der Waals surface area (Å²) in [5, 5.41) is 28.3. The first-order chi connectivity index (χ1) is 16.3. The van der Waals surface area contributed by atoms with Crippen molar-refractivity contribution in [2.75, 3.05) is 39.3 Å². The van der Waals surface area contributed by atoms with Crippen LogP contribution >= 0.6 is 0 Å². The fourth-order valence-electron chi connectivity index (χ4n) is 4.43. The van der Waals surface area contributed by atoms with Gasteiger partial charge in [-0.2, -0.15) is 5.10 Å². The van der Waals surface area contributed by atoms with Crippen LogP contribution in [0.2, 0.25) is 0 Å². The van der Waals surface area contributed by atoms with Crippen LogP contribution in [0.15, 0.2) is 35.4 Å². The number of aliphatic hydroxyl groups excluding tert-OH is 2. The molecule has 34 heavy (non-hydrogen) atoms. The van der Waals surface area contributed by atoms with E-state index in [1.807, 2.05) is 29.2 Å². The van der Waals surface area contributed by atoms with Crippen molar-refractivity contribution >= 4 is 17.4 Å². The van der Waals surface area contributed by atoms with E-state index in [2.05, 4.69) is 10.4 Å². The molecule has 1 saturated heterocycles. The lowest BCUT2D eigenvalue weighted by atomic mass is 9.93. The Morgan fingerprint density at radius 2 is 1.79 bits per heavy atom. The predicted molar refractivity (Wildman–Crippen MR) is 125 cm³/mol. The van der Waals surface area contributed by atoms with E-state index in [-0.39, 0.29) is 17.9 Å². The number of halogens is 1. The number of aliphatic hydroxyl groups is 2. The number of rotatable bonds is 4. The summed E-state index contributed by atoms with van der Waals surface area (Å²) in [4.78, 5) is 14.5. The van der Waals surface area contributed by atoms with Crippen LogP contribution in [0, 0.1) is 5.82 Å². The first-order valence-corrected chi connectivity index (χ1v) is 11.0. The number of fused-ring (bicyclic) bond motifs is 1. The molecule has 0 aromatic heterocycles. The molecule has 2 aliphatic rings. The van der Waals surface area contributed by atoms with E-state index >= 15 is 4.39 Å². The van der Waals surface area contributed by atoms with E-state index < -0.39 is 30.1 Å². The highest BCUT2D eigenvalue weighted by molar-refractivity contribution is 6.14. The number of amides is 2. The number of ether oxygens (including phenoxy) is 2. The average molecular weight is 473 g/mol. The molecule has 1 fully saturated rings. The molecule has 10 heteroatoms. The van der Waals surface area contributed by atoms with Crippen LogP contribution in [0.5, 0.6) is 11.5 Å². The number of benzene rings is 2. The summed E-state index contributed by atoms with van der Waals surface area (Å²) in [6.07, 6.45) is -1.37. The lowest BCUT2D eigenvalue weighted by Crippen LogP contribution is -2.41. The van der Waals surface area contributed by atoms with Crippen LogP contribution in [-0.4, -0.2) is 79.6 Å². The SMILES string of the molecule is CNC(=O)N1N=C(c2ccc(N3C[C@@H](O)[C@H](O)C3)cc2)c2cc(OC)c(OC)c(F)c2CC1C. The number of nitrogens with zero attached hydrogens (tertiary/aromatic N) is 3. The molecule has 182 valence electrons. The number of β-amino-alcohol motifs (C(OH)–C–C–N with tert-alkyl or cyclic N) is 2. The van der Waals surface area contributed by atoms with Gasteiger partial charge in [0.05, 0.1) is 38.2 Å². The third-order valence-corrected chi connectivity index (χ3v) is 6.28. The number of hydrogen-bond donors (Lipinski definition) is 3. The molecule has 2 heterocycles.